The molecule has 1 aromatic heterocycles. The van der Waals surface area contributed by atoms with E-state index in [0.717, 1.165) is 31.3 Å². The Balaban J connectivity index is 1.51. The highest BCUT2D eigenvalue weighted by Gasteiger charge is 2.23. The minimum Gasteiger partial charge on any atom is -0.358 e. The molecule has 0 spiro atoms. The first-order chi connectivity index (χ1) is 14.7. The molecule has 4 rings (SSSR count). The van der Waals surface area contributed by atoms with Gasteiger partial charge in [0.05, 0.1) is 0 Å². The SMILES string of the molecule is C[C@H]1CCCCN1c1cc(N2CCCCC2)nc(NC(=S)NCc2ccccc2)n1. The van der Waals surface area contributed by atoms with Gasteiger partial charge in [0.25, 0.3) is 0 Å². The molecule has 0 unspecified atom stereocenters. The van der Waals surface area contributed by atoms with Gasteiger partial charge < -0.3 is 20.4 Å². The fraction of sp³-hybridized carbons (Fsp3) is 0.522. The summed E-state index contributed by atoms with van der Waals surface area (Å²) in [5, 5.41) is 7.05. The van der Waals surface area contributed by atoms with Gasteiger partial charge in [0, 0.05) is 38.3 Å². The standard InChI is InChI=1S/C23H32N6S/c1-18-10-6-9-15-29(18)21-16-20(28-13-7-3-8-14-28)25-22(26-21)27-23(30)24-17-19-11-4-2-5-12-19/h2,4-5,11-12,16,18H,3,6-10,13-15,17H2,1H3,(H2,24,25,26,27,30)/t18-/m0/s1. The Morgan fingerprint density at radius 3 is 2.50 bits per heavy atom. The lowest BCUT2D eigenvalue weighted by atomic mass is 10.0. The van der Waals surface area contributed by atoms with Crippen LogP contribution in [0.1, 0.15) is 51.0 Å². The van der Waals surface area contributed by atoms with Crippen LogP contribution in [-0.2, 0) is 6.54 Å². The third-order valence-electron chi connectivity index (χ3n) is 6.00. The number of thiocarbonyl (C=S) groups is 1. The average molecular weight is 425 g/mol. The molecule has 2 aliphatic rings. The Morgan fingerprint density at radius 2 is 1.73 bits per heavy atom. The van der Waals surface area contributed by atoms with Crippen molar-refractivity contribution in [2.45, 2.75) is 58.0 Å². The number of anilines is 3. The van der Waals surface area contributed by atoms with E-state index in [1.807, 2.05) is 18.2 Å². The first kappa shape index (κ1) is 20.8. The van der Waals surface area contributed by atoms with Crippen LogP contribution in [0, 0.1) is 0 Å². The minimum atomic E-state index is 0.499. The lowest BCUT2D eigenvalue weighted by molar-refractivity contribution is 0.481. The summed E-state index contributed by atoms with van der Waals surface area (Å²) in [4.78, 5) is 14.5. The minimum absolute atomic E-state index is 0.499. The summed E-state index contributed by atoms with van der Waals surface area (Å²) in [5.74, 6) is 2.59. The molecular weight excluding hydrogens is 392 g/mol. The molecule has 30 heavy (non-hydrogen) atoms. The first-order valence-electron chi connectivity index (χ1n) is 11.2. The van der Waals surface area contributed by atoms with Crippen molar-refractivity contribution in [3.63, 3.8) is 0 Å². The number of benzene rings is 1. The van der Waals surface area contributed by atoms with Crippen molar-refractivity contribution in [3.8, 4) is 0 Å². The van der Waals surface area contributed by atoms with E-state index in [2.05, 4.69) is 45.6 Å². The summed E-state index contributed by atoms with van der Waals surface area (Å²) < 4.78 is 0. The maximum Gasteiger partial charge on any atom is 0.232 e. The van der Waals surface area contributed by atoms with Crippen molar-refractivity contribution in [1.82, 2.24) is 15.3 Å². The van der Waals surface area contributed by atoms with Crippen LogP contribution in [0.4, 0.5) is 17.6 Å². The van der Waals surface area contributed by atoms with E-state index < -0.39 is 0 Å². The van der Waals surface area contributed by atoms with E-state index in [1.54, 1.807) is 0 Å². The van der Waals surface area contributed by atoms with Gasteiger partial charge in [-0.05, 0) is 63.2 Å². The molecule has 0 bridgehead atoms. The normalized spacial score (nSPS) is 19.4. The van der Waals surface area contributed by atoms with Crippen molar-refractivity contribution >= 4 is 34.9 Å². The Morgan fingerprint density at radius 1 is 1.00 bits per heavy atom. The summed E-state index contributed by atoms with van der Waals surface area (Å²) in [7, 11) is 0. The molecule has 3 heterocycles. The maximum absolute atomic E-state index is 5.53. The van der Waals surface area contributed by atoms with Gasteiger partial charge in [-0.25, -0.2) is 0 Å². The maximum atomic E-state index is 5.53. The Kier molecular flexibility index (Phi) is 7.00. The average Bonchev–Trinajstić information content (AvgIpc) is 2.79. The highest BCUT2D eigenvalue weighted by atomic mass is 32.1. The Labute approximate surface area is 185 Å². The molecule has 1 atom stereocenters. The Bertz CT molecular complexity index is 837. The molecule has 0 saturated carbocycles. The molecule has 1 aromatic carbocycles. The highest BCUT2D eigenvalue weighted by Crippen LogP contribution is 2.28. The fourth-order valence-corrected chi connectivity index (χ4v) is 4.44. The summed E-state index contributed by atoms with van der Waals surface area (Å²) in [5.41, 5.74) is 1.19. The molecular formula is C23H32N6S. The van der Waals surface area contributed by atoms with Crippen molar-refractivity contribution < 1.29 is 0 Å². The van der Waals surface area contributed by atoms with Gasteiger partial charge in [0.1, 0.15) is 11.6 Å². The quantitative estimate of drug-likeness (QED) is 0.693. The molecule has 2 saturated heterocycles. The summed E-state index contributed by atoms with van der Waals surface area (Å²) in [6, 6.07) is 12.9. The third kappa shape index (κ3) is 5.39. The zero-order chi connectivity index (χ0) is 20.8. The molecule has 0 amide bonds. The van der Waals surface area contributed by atoms with Crippen LogP contribution in [0.2, 0.25) is 0 Å². The second-order valence-corrected chi connectivity index (χ2v) is 8.70. The predicted octanol–water partition coefficient (Wildman–Crippen LogP) is 4.33. The van der Waals surface area contributed by atoms with Crippen LogP contribution >= 0.6 is 12.2 Å². The Hall–Kier alpha value is -2.41. The van der Waals surface area contributed by atoms with E-state index in [9.17, 15) is 0 Å². The van der Waals surface area contributed by atoms with E-state index in [4.69, 9.17) is 22.2 Å². The second kappa shape index (κ2) is 10.1. The predicted molar refractivity (Wildman–Crippen MR) is 128 cm³/mol. The monoisotopic (exact) mass is 424 g/mol. The van der Waals surface area contributed by atoms with Gasteiger partial charge in [0.2, 0.25) is 5.95 Å². The summed E-state index contributed by atoms with van der Waals surface area (Å²) in [6.45, 7) is 6.13. The van der Waals surface area contributed by atoms with E-state index in [0.29, 0.717) is 23.6 Å². The van der Waals surface area contributed by atoms with Crippen LogP contribution in [0.5, 0.6) is 0 Å². The number of hydrogen-bond donors (Lipinski definition) is 2. The number of piperidine rings is 2. The molecule has 6 nitrogen and oxygen atoms in total. The van der Waals surface area contributed by atoms with Gasteiger partial charge in [-0.2, -0.15) is 9.97 Å². The van der Waals surface area contributed by atoms with Gasteiger partial charge >= 0.3 is 0 Å². The van der Waals surface area contributed by atoms with Crippen LogP contribution in [0.3, 0.4) is 0 Å². The van der Waals surface area contributed by atoms with E-state index in [-0.39, 0.29) is 0 Å². The van der Waals surface area contributed by atoms with Gasteiger partial charge in [0.15, 0.2) is 5.11 Å². The summed E-state index contributed by atoms with van der Waals surface area (Å²) >= 11 is 5.53. The largest absolute Gasteiger partial charge is 0.358 e. The molecule has 2 fully saturated rings. The molecule has 7 heteroatoms. The molecule has 2 N–H and O–H groups in total. The van der Waals surface area contributed by atoms with Gasteiger partial charge in [-0.15, -0.1) is 0 Å². The second-order valence-electron chi connectivity index (χ2n) is 8.29. The number of rotatable bonds is 5. The zero-order valence-electron chi connectivity index (χ0n) is 17.8. The fourth-order valence-electron chi connectivity index (χ4n) is 4.27. The van der Waals surface area contributed by atoms with Crippen molar-refractivity contribution in [1.29, 1.82) is 0 Å². The van der Waals surface area contributed by atoms with E-state index >= 15 is 0 Å². The number of nitrogens with one attached hydrogen (secondary N) is 2. The lowest BCUT2D eigenvalue weighted by Crippen LogP contribution is -2.39. The molecule has 2 aliphatic heterocycles. The smallest absolute Gasteiger partial charge is 0.232 e. The van der Waals surface area contributed by atoms with E-state index in [1.165, 1.54) is 44.1 Å². The van der Waals surface area contributed by atoms with Crippen LogP contribution < -0.4 is 20.4 Å². The number of aromatic nitrogens is 2. The molecule has 0 aliphatic carbocycles. The number of nitrogens with zero attached hydrogens (tertiary/aromatic N) is 4. The molecule has 2 aromatic rings. The topological polar surface area (TPSA) is 56.3 Å². The molecule has 0 radical (unpaired) electrons. The van der Waals surface area contributed by atoms with Crippen molar-refractivity contribution in [3.05, 3.63) is 42.0 Å². The summed E-state index contributed by atoms with van der Waals surface area (Å²) in [6.07, 6.45) is 7.46. The zero-order valence-corrected chi connectivity index (χ0v) is 18.6. The van der Waals surface area contributed by atoms with Crippen LogP contribution in [0.25, 0.3) is 0 Å². The van der Waals surface area contributed by atoms with Crippen LogP contribution in [-0.4, -0.2) is 40.8 Å². The van der Waals surface area contributed by atoms with Crippen LogP contribution in [0.15, 0.2) is 36.4 Å². The lowest BCUT2D eigenvalue weighted by Gasteiger charge is -2.35. The van der Waals surface area contributed by atoms with Gasteiger partial charge in [-0.1, -0.05) is 30.3 Å². The van der Waals surface area contributed by atoms with Crippen molar-refractivity contribution in [2.75, 3.05) is 34.8 Å². The van der Waals surface area contributed by atoms with Gasteiger partial charge in [-0.3, -0.25) is 0 Å². The highest BCUT2D eigenvalue weighted by molar-refractivity contribution is 7.80. The number of hydrogen-bond acceptors (Lipinski definition) is 5. The third-order valence-corrected chi connectivity index (χ3v) is 6.24. The first-order valence-corrected chi connectivity index (χ1v) is 11.6. The van der Waals surface area contributed by atoms with Crippen molar-refractivity contribution in [2.24, 2.45) is 0 Å². The molecule has 160 valence electrons.